The number of carbonyl (C=O) groups excluding carboxylic acids is 2. The van der Waals surface area contributed by atoms with Crippen LogP contribution in [0.4, 0.5) is 5.69 Å². The molecule has 0 aliphatic carbocycles. The fourth-order valence-corrected chi connectivity index (χ4v) is 5.92. The summed E-state index contributed by atoms with van der Waals surface area (Å²) in [5, 5.41) is 3.02. The molecule has 3 aromatic carbocycles. The molecule has 0 spiro atoms. The smallest absolute Gasteiger partial charge is 0.243 e. The molecule has 44 heavy (non-hydrogen) atoms. The van der Waals surface area contributed by atoms with Crippen molar-refractivity contribution >= 4 is 27.5 Å². The van der Waals surface area contributed by atoms with Crippen LogP contribution in [0.1, 0.15) is 50.7 Å². The van der Waals surface area contributed by atoms with Crippen LogP contribution in [0.15, 0.2) is 78.9 Å². The predicted octanol–water partition coefficient (Wildman–Crippen LogP) is 5.20. The summed E-state index contributed by atoms with van der Waals surface area (Å²) in [7, 11) is -2.08. The van der Waals surface area contributed by atoms with Gasteiger partial charge in [-0.05, 0) is 55.2 Å². The minimum Gasteiger partial charge on any atom is -0.497 e. The lowest BCUT2D eigenvalue weighted by Gasteiger charge is -2.32. The molecule has 2 amide bonds. The van der Waals surface area contributed by atoms with E-state index < -0.39 is 16.1 Å². The van der Waals surface area contributed by atoms with Crippen molar-refractivity contribution in [1.82, 2.24) is 10.2 Å². The number of unbranched alkanes of at least 4 members (excludes halogenated alkanes) is 1. The summed E-state index contributed by atoms with van der Waals surface area (Å²) < 4.78 is 38.0. The normalized spacial score (nSPS) is 11.8. The first kappa shape index (κ1) is 34.4. The van der Waals surface area contributed by atoms with E-state index in [1.807, 2.05) is 61.5 Å². The summed E-state index contributed by atoms with van der Waals surface area (Å²) in [5.74, 6) is 0.643. The SMILES string of the molecule is CCCCNC(=O)C(Cc1ccccc1)N(Cc1cccc(OC)c1)C(=O)CCCN(c1ccccc1OCC)S(C)(=O)=O. The van der Waals surface area contributed by atoms with Crippen molar-refractivity contribution < 1.29 is 27.5 Å². The molecule has 1 unspecified atom stereocenters. The van der Waals surface area contributed by atoms with Crippen LogP contribution < -0.4 is 19.1 Å². The Kier molecular flexibility index (Phi) is 13.5. The van der Waals surface area contributed by atoms with Gasteiger partial charge in [0.15, 0.2) is 0 Å². The zero-order valence-electron chi connectivity index (χ0n) is 26.2. The van der Waals surface area contributed by atoms with E-state index in [0.717, 1.165) is 30.2 Å². The summed E-state index contributed by atoms with van der Waals surface area (Å²) in [6, 6.07) is 23.2. The molecule has 1 atom stereocenters. The lowest BCUT2D eigenvalue weighted by atomic mass is 10.0. The van der Waals surface area contributed by atoms with Gasteiger partial charge in [-0.1, -0.05) is 67.9 Å². The van der Waals surface area contributed by atoms with Crippen LogP contribution in [0, 0.1) is 0 Å². The third-order valence-corrected chi connectivity index (χ3v) is 8.35. The zero-order valence-corrected chi connectivity index (χ0v) is 27.0. The number of anilines is 1. The number of ether oxygens (including phenoxy) is 2. The number of sulfonamides is 1. The van der Waals surface area contributed by atoms with E-state index >= 15 is 0 Å². The molecule has 238 valence electrons. The van der Waals surface area contributed by atoms with Gasteiger partial charge in [0, 0.05) is 32.5 Å². The highest BCUT2D eigenvalue weighted by atomic mass is 32.2. The fourth-order valence-electron chi connectivity index (χ4n) is 4.95. The van der Waals surface area contributed by atoms with Gasteiger partial charge in [-0.15, -0.1) is 0 Å². The van der Waals surface area contributed by atoms with Gasteiger partial charge in [0.25, 0.3) is 0 Å². The maximum atomic E-state index is 14.0. The van der Waals surface area contributed by atoms with E-state index in [1.54, 1.807) is 36.3 Å². The van der Waals surface area contributed by atoms with Gasteiger partial charge in [-0.3, -0.25) is 13.9 Å². The van der Waals surface area contributed by atoms with E-state index in [4.69, 9.17) is 9.47 Å². The van der Waals surface area contributed by atoms with Crippen molar-refractivity contribution in [1.29, 1.82) is 0 Å². The van der Waals surface area contributed by atoms with E-state index in [0.29, 0.717) is 36.8 Å². The second-order valence-electron chi connectivity index (χ2n) is 10.6. The quantitative estimate of drug-likeness (QED) is 0.196. The Balaban J connectivity index is 1.90. The lowest BCUT2D eigenvalue weighted by Crippen LogP contribution is -2.50. The minimum atomic E-state index is -3.67. The van der Waals surface area contributed by atoms with Gasteiger partial charge in [0.1, 0.15) is 17.5 Å². The van der Waals surface area contributed by atoms with Gasteiger partial charge in [-0.2, -0.15) is 0 Å². The van der Waals surface area contributed by atoms with E-state index in [9.17, 15) is 18.0 Å². The summed E-state index contributed by atoms with van der Waals surface area (Å²) >= 11 is 0. The highest BCUT2D eigenvalue weighted by Gasteiger charge is 2.30. The standard InChI is InChI=1S/C34H45N3O6S/c1-5-7-22-35-34(39)31(25-27-15-9-8-10-16-27)36(26-28-17-13-18-29(24-28)42-3)33(38)21-14-23-37(44(4,40)41)30-19-11-12-20-32(30)43-6-2/h8-13,15-20,24,31H,5-7,14,21-23,25-26H2,1-4H3,(H,35,39). The maximum absolute atomic E-state index is 14.0. The van der Waals surface area contributed by atoms with Crippen LogP contribution >= 0.6 is 0 Å². The topological polar surface area (TPSA) is 105 Å². The van der Waals surface area contributed by atoms with Crippen molar-refractivity contribution in [3.63, 3.8) is 0 Å². The van der Waals surface area contributed by atoms with E-state index in [2.05, 4.69) is 12.2 Å². The molecule has 0 saturated heterocycles. The number of rotatable bonds is 18. The van der Waals surface area contributed by atoms with E-state index in [-0.39, 0.29) is 37.7 Å². The molecule has 10 heteroatoms. The molecule has 0 bridgehead atoms. The molecule has 0 heterocycles. The molecule has 3 rings (SSSR count). The first-order valence-corrected chi connectivity index (χ1v) is 17.0. The minimum absolute atomic E-state index is 0.0420. The molecule has 0 saturated carbocycles. The van der Waals surface area contributed by atoms with Crippen LogP contribution in [-0.4, -0.2) is 64.2 Å². The maximum Gasteiger partial charge on any atom is 0.243 e. The molecule has 0 aromatic heterocycles. The van der Waals surface area contributed by atoms with Crippen LogP contribution in [0.5, 0.6) is 11.5 Å². The molecule has 9 nitrogen and oxygen atoms in total. The molecule has 1 N–H and O–H groups in total. The Bertz CT molecular complexity index is 1450. The van der Waals surface area contributed by atoms with Crippen molar-refractivity contribution in [2.45, 2.75) is 58.5 Å². The van der Waals surface area contributed by atoms with Gasteiger partial charge >= 0.3 is 0 Å². The summed E-state index contributed by atoms with van der Waals surface area (Å²) in [6.07, 6.45) is 3.53. The first-order valence-electron chi connectivity index (χ1n) is 15.1. The number of nitrogens with zero attached hydrogens (tertiary/aromatic N) is 2. The highest BCUT2D eigenvalue weighted by molar-refractivity contribution is 7.92. The van der Waals surface area contributed by atoms with E-state index in [1.165, 1.54) is 4.31 Å². The second kappa shape index (κ2) is 17.3. The number of benzene rings is 3. The molecular formula is C34H45N3O6S. The number of amides is 2. The third-order valence-electron chi connectivity index (χ3n) is 7.17. The first-order chi connectivity index (χ1) is 21.2. The highest BCUT2D eigenvalue weighted by Crippen LogP contribution is 2.30. The number of hydrogen-bond donors (Lipinski definition) is 1. The predicted molar refractivity (Wildman–Crippen MR) is 174 cm³/mol. The zero-order chi connectivity index (χ0) is 32.0. The summed E-state index contributed by atoms with van der Waals surface area (Å²) in [5.41, 5.74) is 2.18. The Morgan fingerprint density at radius 2 is 1.61 bits per heavy atom. The fraction of sp³-hybridized carbons (Fsp3) is 0.412. The average Bonchev–Trinajstić information content (AvgIpc) is 3.01. The lowest BCUT2D eigenvalue weighted by molar-refractivity contribution is -0.141. The Hall–Kier alpha value is -4.05. The van der Waals surface area contributed by atoms with Crippen LogP contribution in [-0.2, 0) is 32.6 Å². The van der Waals surface area contributed by atoms with Crippen molar-refractivity contribution in [3.8, 4) is 11.5 Å². The van der Waals surface area contributed by atoms with Crippen LogP contribution in [0.25, 0.3) is 0 Å². The van der Waals surface area contributed by atoms with Crippen LogP contribution in [0.2, 0.25) is 0 Å². The van der Waals surface area contributed by atoms with Crippen LogP contribution in [0.3, 0.4) is 0 Å². The second-order valence-corrected chi connectivity index (χ2v) is 12.5. The number of para-hydroxylation sites is 2. The molecular weight excluding hydrogens is 578 g/mol. The van der Waals surface area contributed by atoms with Crippen molar-refractivity contribution in [3.05, 3.63) is 90.0 Å². The molecule has 0 radical (unpaired) electrons. The summed E-state index contributed by atoms with van der Waals surface area (Å²) in [4.78, 5) is 29.3. The average molecular weight is 624 g/mol. The number of nitrogens with one attached hydrogen (secondary N) is 1. The Morgan fingerprint density at radius 3 is 2.30 bits per heavy atom. The third kappa shape index (κ3) is 10.3. The Morgan fingerprint density at radius 1 is 0.909 bits per heavy atom. The molecule has 0 aliphatic heterocycles. The van der Waals surface area contributed by atoms with Gasteiger partial charge in [0.2, 0.25) is 21.8 Å². The summed E-state index contributed by atoms with van der Waals surface area (Å²) in [6.45, 7) is 5.06. The number of methoxy groups -OCH3 is 1. The molecule has 3 aromatic rings. The Labute approximate surface area is 262 Å². The number of carbonyl (C=O) groups is 2. The number of hydrogen-bond acceptors (Lipinski definition) is 6. The van der Waals surface area contributed by atoms with Gasteiger partial charge in [-0.25, -0.2) is 8.42 Å². The molecule has 0 aliphatic rings. The van der Waals surface area contributed by atoms with Crippen molar-refractivity contribution in [2.75, 3.05) is 37.4 Å². The van der Waals surface area contributed by atoms with Gasteiger partial charge in [0.05, 0.1) is 25.7 Å². The largest absolute Gasteiger partial charge is 0.497 e. The monoisotopic (exact) mass is 623 g/mol. The van der Waals surface area contributed by atoms with Crippen molar-refractivity contribution in [2.24, 2.45) is 0 Å². The van der Waals surface area contributed by atoms with Gasteiger partial charge < -0.3 is 19.7 Å². The molecule has 0 fully saturated rings.